The van der Waals surface area contributed by atoms with Gasteiger partial charge >= 0.3 is 0 Å². The number of aryl methyl sites for hydroxylation is 1. The van der Waals surface area contributed by atoms with Crippen molar-refractivity contribution in [3.8, 4) is 0 Å². The minimum Gasteiger partial charge on any atom is -0.467 e. The van der Waals surface area contributed by atoms with Gasteiger partial charge in [-0.1, -0.05) is 23.4 Å². The van der Waals surface area contributed by atoms with Gasteiger partial charge in [0.05, 0.1) is 18.3 Å². The van der Waals surface area contributed by atoms with Gasteiger partial charge in [-0.15, -0.1) is 5.10 Å². The summed E-state index contributed by atoms with van der Waals surface area (Å²) >= 11 is 0. The third-order valence-electron chi connectivity index (χ3n) is 5.95. The number of carbonyl (C=O) groups is 2. The fraction of sp³-hybridized carbons (Fsp3) is 0.148. The minimum absolute atomic E-state index is 0.116. The van der Waals surface area contributed by atoms with Crippen LogP contribution in [0.5, 0.6) is 0 Å². The molecule has 3 heterocycles. The second kappa shape index (κ2) is 10.4. The van der Waals surface area contributed by atoms with Crippen molar-refractivity contribution in [2.45, 2.75) is 26.1 Å². The lowest BCUT2D eigenvalue weighted by Gasteiger charge is -2.31. The monoisotopic (exact) mass is 498 g/mol. The molecule has 0 fully saturated rings. The number of nitrogens with zero attached hydrogens (tertiary/aromatic N) is 5. The average Bonchev–Trinajstić information content (AvgIpc) is 3.58. The van der Waals surface area contributed by atoms with Crippen molar-refractivity contribution >= 4 is 28.5 Å². The maximum Gasteiger partial charge on any atom is 0.249 e. The maximum absolute atomic E-state index is 14.7. The van der Waals surface area contributed by atoms with Crippen LogP contribution in [0.15, 0.2) is 89.8 Å². The van der Waals surface area contributed by atoms with Gasteiger partial charge in [0.1, 0.15) is 29.7 Å². The molecule has 5 rings (SSSR count). The van der Waals surface area contributed by atoms with Crippen LogP contribution in [0, 0.1) is 12.7 Å². The van der Waals surface area contributed by atoms with E-state index in [1.165, 1.54) is 34.3 Å². The number of hydrogen-bond donors (Lipinski definition) is 1. The highest BCUT2D eigenvalue weighted by atomic mass is 19.1. The molecule has 1 N–H and O–H groups in total. The van der Waals surface area contributed by atoms with E-state index in [2.05, 4.69) is 20.6 Å². The van der Waals surface area contributed by atoms with Gasteiger partial charge in [0.2, 0.25) is 11.8 Å². The topological polar surface area (TPSA) is 106 Å². The largest absolute Gasteiger partial charge is 0.467 e. The molecule has 0 aliphatic rings. The Kier molecular flexibility index (Phi) is 6.71. The molecule has 0 unspecified atom stereocenters. The molecule has 2 amide bonds. The highest BCUT2D eigenvalue weighted by molar-refractivity contribution is 6.01. The van der Waals surface area contributed by atoms with Gasteiger partial charge in [-0.2, -0.15) is 0 Å². The molecule has 3 aromatic heterocycles. The highest BCUT2D eigenvalue weighted by Gasteiger charge is 2.33. The van der Waals surface area contributed by atoms with Crippen molar-refractivity contribution in [1.29, 1.82) is 0 Å². The van der Waals surface area contributed by atoms with Crippen LogP contribution >= 0.6 is 0 Å². The fourth-order valence-corrected chi connectivity index (χ4v) is 4.05. The van der Waals surface area contributed by atoms with Crippen molar-refractivity contribution in [3.05, 3.63) is 108 Å². The Labute approximate surface area is 211 Å². The third-order valence-corrected chi connectivity index (χ3v) is 5.95. The number of rotatable bonds is 8. The normalized spacial score (nSPS) is 11.8. The van der Waals surface area contributed by atoms with E-state index in [1.54, 1.807) is 55.5 Å². The van der Waals surface area contributed by atoms with Crippen LogP contribution < -0.4 is 10.2 Å². The second-order valence-corrected chi connectivity index (χ2v) is 8.41. The number of halogens is 1. The Balaban J connectivity index is 1.56. The predicted octanol–water partition coefficient (Wildman–Crippen LogP) is 3.96. The Morgan fingerprint density at radius 3 is 2.65 bits per heavy atom. The number of furan rings is 1. The van der Waals surface area contributed by atoms with Crippen LogP contribution in [-0.4, -0.2) is 31.8 Å². The van der Waals surface area contributed by atoms with E-state index in [1.807, 2.05) is 12.1 Å². The van der Waals surface area contributed by atoms with E-state index in [0.717, 1.165) is 0 Å². The van der Waals surface area contributed by atoms with E-state index in [0.29, 0.717) is 27.9 Å². The summed E-state index contributed by atoms with van der Waals surface area (Å²) in [5, 5.41) is 11.0. The third kappa shape index (κ3) is 5.08. The summed E-state index contributed by atoms with van der Waals surface area (Å²) in [6.45, 7) is 1.53. The van der Waals surface area contributed by atoms with Gasteiger partial charge < -0.3 is 9.73 Å². The molecular formula is C27H23FN6O3. The summed E-state index contributed by atoms with van der Waals surface area (Å²) in [4.78, 5) is 32.9. The summed E-state index contributed by atoms with van der Waals surface area (Å²) in [5.41, 5.74) is 2.44. The summed E-state index contributed by atoms with van der Waals surface area (Å²) in [5.74, 6) is -0.893. The number of carbonyl (C=O) groups excluding carboxylic acids is 2. The molecule has 9 nitrogen and oxygen atoms in total. The van der Waals surface area contributed by atoms with Gasteiger partial charge in [0.15, 0.2) is 0 Å². The van der Waals surface area contributed by atoms with Crippen molar-refractivity contribution < 1.29 is 18.4 Å². The molecule has 0 spiro atoms. The molecular weight excluding hydrogens is 475 g/mol. The first-order valence-corrected chi connectivity index (χ1v) is 11.6. The predicted molar refractivity (Wildman–Crippen MR) is 134 cm³/mol. The fourth-order valence-electron chi connectivity index (χ4n) is 4.05. The first kappa shape index (κ1) is 23.9. The van der Waals surface area contributed by atoms with Crippen LogP contribution in [0.4, 0.5) is 10.1 Å². The van der Waals surface area contributed by atoms with Gasteiger partial charge in [-0.3, -0.25) is 19.5 Å². The van der Waals surface area contributed by atoms with Gasteiger partial charge in [-0.25, -0.2) is 9.07 Å². The molecule has 2 aromatic carbocycles. The Morgan fingerprint density at radius 1 is 1.08 bits per heavy atom. The van der Waals surface area contributed by atoms with Gasteiger partial charge in [0, 0.05) is 18.1 Å². The van der Waals surface area contributed by atoms with Crippen LogP contribution in [0.1, 0.15) is 22.9 Å². The smallest absolute Gasteiger partial charge is 0.249 e. The maximum atomic E-state index is 14.7. The van der Waals surface area contributed by atoms with E-state index in [4.69, 9.17) is 4.42 Å². The van der Waals surface area contributed by atoms with E-state index >= 15 is 0 Å². The number of pyridine rings is 1. The summed E-state index contributed by atoms with van der Waals surface area (Å²) in [7, 11) is 0. The molecule has 0 saturated heterocycles. The lowest BCUT2D eigenvalue weighted by atomic mass is 10.0. The zero-order valence-electron chi connectivity index (χ0n) is 19.9. The molecule has 5 aromatic rings. The van der Waals surface area contributed by atoms with E-state index < -0.39 is 23.7 Å². The molecule has 1 atom stereocenters. The summed E-state index contributed by atoms with van der Waals surface area (Å²) in [6, 6.07) is 17.3. The zero-order chi connectivity index (χ0) is 25.8. The standard InChI is InChI=1S/C27H23FN6O3/c1-18-8-9-20(15-22(18)28)34(25(35)17-33-24-7-3-2-6-23(24)31-32-33)26(19-10-12-29-13-11-19)27(36)30-16-21-5-4-14-37-21/h2-15,26H,16-17H2,1H3,(H,30,36)/t26-/m0/s1. The second-order valence-electron chi connectivity index (χ2n) is 8.41. The Bertz CT molecular complexity index is 1530. The molecule has 37 heavy (non-hydrogen) atoms. The van der Waals surface area contributed by atoms with Crippen LogP contribution in [-0.2, 0) is 22.7 Å². The number of para-hydroxylation sites is 1. The Hall–Kier alpha value is -4.86. The summed E-state index contributed by atoms with van der Waals surface area (Å²) in [6.07, 6.45) is 4.58. The number of nitrogens with one attached hydrogen (secondary N) is 1. The first-order chi connectivity index (χ1) is 18.0. The number of fused-ring (bicyclic) bond motifs is 1. The number of amides is 2. The number of hydrogen-bond acceptors (Lipinski definition) is 6. The Morgan fingerprint density at radius 2 is 1.89 bits per heavy atom. The summed E-state index contributed by atoms with van der Waals surface area (Å²) < 4.78 is 21.5. The minimum atomic E-state index is -1.12. The zero-order valence-corrected chi connectivity index (χ0v) is 19.9. The molecule has 0 bridgehead atoms. The number of benzene rings is 2. The molecule has 186 valence electrons. The van der Waals surface area contributed by atoms with Crippen molar-refractivity contribution in [2.75, 3.05) is 4.90 Å². The van der Waals surface area contributed by atoms with E-state index in [-0.39, 0.29) is 18.8 Å². The van der Waals surface area contributed by atoms with Gasteiger partial charge in [-0.05, 0) is 66.6 Å². The average molecular weight is 499 g/mol. The highest BCUT2D eigenvalue weighted by Crippen LogP contribution is 2.30. The molecule has 0 aliphatic heterocycles. The molecule has 0 aliphatic carbocycles. The molecule has 10 heteroatoms. The van der Waals surface area contributed by atoms with Crippen molar-refractivity contribution in [1.82, 2.24) is 25.3 Å². The lowest BCUT2D eigenvalue weighted by Crippen LogP contribution is -2.45. The lowest BCUT2D eigenvalue weighted by molar-refractivity contribution is -0.127. The van der Waals surface area contributed by atoms with Crippen LogP contribution in [0.2, 0.25) is 0 Å². The number of aromatic nitrogens is 4. The quantitative estimate of drug-likeness (QED) is 0.347. The SMILES string of the molecule is Cc1ccc(N(C(=O)Cn2nnc3ccccc32)[C@H](C(=O)NCc2ccco2)c2ccncc2)cc1F. The molecule has 0 saturated carbocycles. The first-order valence-electron chi connectivity index (χ1n) is 11.6. The van der Waals surface area contributed by atoms with Crippen LogP contribution in [0.25, 0.3) is 11.0 Å². The van der Waals surface area contributed by atoms with E-state index in [9.17, 15) is 14.0 Å². The number of anilines is 1. The van der Waals surface area contributed by atoms with Gasteiger partial charge in [0.25, 0.3) is 0 Å². The van der Waals surface area contributed by atoms with Crippen molar-refractivity contribution in [3.63, 3.8) is 0 Å². The van der Waals surface area contributed by atoms with Crippen LogP contribution in [0.3, 0.4) is 0 Å². The molecule has 0 radical (unpaired) electrons. The van der Waals surface area contributed by atoms with Crippen molar-refractivity contribution in [2.24, 2.45) is 0 Å².